The van der Waals surface area contributed by atoms with Gasteiger partial charge < -0.3 is 4.90 Å². The van der Waals surface area contributed by atoms with Crippen LogP contribution in [0, 0.1) is 18.3 Å². The number of rotatable bonds is 2. The lowest BCUT2D eigenvalue weighted by Crippen LogP contribution is -2.30. The number of hydrogen-bond acceptors (Lipinski definition) is 3. The minimum atomic E-state index is 0.0195. The molecule has 3 heterocycles. The Labute approximate surface area is 119 Å². The van der Waals surface area contributed by atoms with Crippen molar-refractivity contribution in [3.63, 3.8) is 0 Å². The molecule has 4 nitrogen and oxygen atoms in total. The van der Waals surface area contributed by atoms with Gasteiger partial charge in [-0.1, -0.05) is 0 Å². The van der Waals surface area contributed by atoms with E-state index in [-0.39, 0.29) is 11.8 Å². The van der Waals surface area contributed by atoms with Gasteiger partial charge in [-0.2, -0.15) is 0 Å². The molecule has 1 aromatic heterocycles. The topological polar surface area (TPSA) is 36.4 Å². The first-order valence-electron chi connectivity index (χ1n) is 7.25. The number of carbonyl (C=O) groups is 1. The van der Waals surface area contributed by atoms with Crippen LogP contribution in [0.4, 0.5) is 11.5 Å². The smallest absolute Gasteiger partial charge is 0.229 e. The summed E-state index contributed by atoms with van der Waals surface area (Å²) in [5, 5.41) is 0. The minimum absolute atomic E-state index is 0.0195. The zero-order valence-corrected chi connectivity index (χ0v) is 11.6. The van der Waals surface area contributed by atoms with Crippen LogP contribution in [0.3, 0.4) is 0 Å². The molecule has 1 aromatic rings. The van der Waals surface area contributed by atoms with Crippen LogP contribution in [-0.2, 0) is 4.79 Å². The normalized spacial score (nSPS) is 22.9. The second kappa shape index (κ2) is 5.54. The summed E-state index contributed by atoms with van der Waals surface area (Å²) in [6.45, 7) is 2.79. The molecule has 2 saturated heterocycles. The summed E-state index contributed by atoms with van der Waals surface area (Å²) in [5.74, 6) is 3.47. The van der Waals surface area contributed by atoms with Gasteiger partial charge in [-0.15, -0.1) is 12.3 Å². The maximum atomic E-state index is 11.9. The molecule has 0 radical (unpaired) electrons. The maximum Gasteiger partial charge on any atom is 0.229 e. The predicted octanol–water partition coefficient (Wildman–Crippen LogP) is 2.06. The van der Waals surface area contributed by atoms with Gasteiger partial charge in [0.05, 0.1) is 11.9 Å². The van der Waals surface area contributed by atoms with Crippen LogP contribution in [0.5, 0.6) is 0 Å². The second-order valence-electron chi connectivity index (χ2n) is 5.49. The number of nitrogens with zero attached hydrogens (tertiary/aromatic N) is 3. The Morgan fingerprint density at radius 3 is 2.65 bits per heavy atom. The lowest BCUT2D eigenvalue weighted by Gasteiger charge is -2.28. The number of amides is 1. The third-order valence-electron chi connectivity index (χ3n) is 4.09. The van der Waals surface area contributed by atoms with Crippen LogP contribution in [0.2, 0.25) is 0 Å². The highest BCUT2D eigenvalue weighted by atomic mass is 16.2. The fraction of sp³-hybridized carbons (Fsp3) is 0.500. The molecule has 0 aromatic carbocycles. The SMILES string of the molecule is C#CC1CC(=O)N(c2ccc(N3CCCCC3)cn2)C1. The summed E-state index contributed by atoms with van der Waals surface area (Å²) in [5.41, 5.74) is 1.15. The fourth-order valence-electron chi connectivity index (χ4n) is 2.92. The van der Waals surface area contributed by atoms with Gasteiger partial charge in [-0.25, -0.2) is 4.98 Å². The van der Waals surface area contributed by atoms with Crippen LogP contribution < -0.4 is 9.80 Å². The average Bonchev–Trinajstić information content (AvgIpc) is 2.89. The summed E-state index contributed by atoms with van der Waals surface area (Å²) in [6, 6.07) is 3.99. The zero-order valence-electron chi connectivity index (χ0n) is 11.6. The summed E-state index contributed by atoms with van der Waals surface area (Å²) >= 11 is 0. The molecule has 3 rings (SSSR count). The van der Waals surface area contributed by atoms with Crippen LogP contribution in [-0.4, -0.2) is 30.5 Å². The number of anilines is 2. The molecule has 0 aliphatic carbocycles. The first-order valence-corrected chi connectivity index (χ1v) is 7.25. The molecule has 1 unspecified atom stereocenters. The van der Waals surface area contributed by atoms with Gasteiger partial charge in [-0.3, -0.25) is 9.69 Å². The number of terminal acetylenes is 1. The molecular formula is C16H19N3O. The number of carbonyl (C=O) groups excluding carboxylic acids is 1. The Morgan fingerprint density at radius 2 is 2.05 bits per heavy atom. The van der Waals surface area contributed by atoms with Crippen molar-refractivity contribution in [3.8, 4) is 12.3 Å². The lowest BCUT2D eigenvalue weighted by atomic mass is 10.1. The van der Waals surface area contributed by atoms with Gasteiger partial charge in [0.15, 0.2) is 0 Å². The van der Waals surface area contributed by atoms with E-state index in [9.17, 15) is 4.79 Å². The van der Waals surface area contributed by atoms with Crippen LogP contribution in [0.15, 0.2) is 18.3 Å². The Hall–Kier alpha value is -2.02. The van der Waals surface area contributed by atoms with E-state index < -0.39 is 0 Å². The van der Waals surface area contributed by atoms with Gasteiger partial charge >= 0.3 is 0 Å². The fourth-order valence-corrected chi connectivity index (χ4v) is 2.92. The van der Waals surface area contributed by atoms with Gasteiger partial charge in [0.1, 0.15) is 5.82 Å². The van der Waals surface area contributed by atoms with Gasteiger partial charge in [0.25, 0.3) is 0 Å². The monoisotopic (exact) mass is 269 g/mol. The molecule has 2 aliphatic heterocycles. The molecule has 2 fully saturated rings. The van der Waals surface area contributed by atoms with E-state index in [1.807, 2.05) is 12.3 Å². The van der Waals surface area contributed by atoms with E-state index in [0.29, 0.717) is 18.8 Å². The van der Waals surface area contributed by atoms with Gasteiger partial charge in [0.2, 0.25) is 5.91 Å². The standard InChI is InChI=1S/C16H19N3O/c1-2-13-10-16(20)19(12-13)15-7-6-14(11-17-15)18-8-4-3-5-9-18/h1,6-7,11,13H,3-5,8-10,12H2. The molecule has 0 bridgehead atoms. The minimum Gasteiger partial charge on any atom is -0.370 e. The Morgan fingerprint density at radius 1 is 1.25 bits per heavy atom. The zero-order chi connectivity index (χ0) is 13.9. The highest BCUT2D eigenvalue weighted by molar-refractivity contribution is 5.95. The van der Waals surface area contributed by atoms with E-state index in [4.69, 9.17) is 6.42 Å². The van der Waals surface area contributed by atoms with Crippen molar-refractivity contribution in [1.82, 2.24) is 4.98 Å². The number of pyridine rings is 1. The van der Waals surface area contributed by atoms with Gasteiger partial charge in [-0.05, 0) is 31.4 Å². The van der Waals surface area contributed by atoms with Crippen molar-refractivity contribution in [2.45, 2.75) is 25.7 Å². The lowest BCUT2D eigenvalue weighted by molar-refractivity contribution is -0.117. The van der Waals surface area contributed by atoms with Crippen LogP contribution in [0.25, 0.3) is 0 Å². The molecule has 1 atom stereocenters. The molecule has 0 saturated carbocycles. The van der Waals surface area contributed by atoms with Crippen LogP contribution >= 0.6 is 0 Å². The predicted molar refractivity (Wildman–Crippen MR) is 79.6 cm³/mol. The van der Waals surface area contributed by atoms with E-state index >= 15 is 0 Å². The van der Waals surface area contributed by atoms with Crippen molar-refractivity contribution in [1.29, 1.82) is 0 Å². The van der Waals surface area contributed by atoms with E-state index in [1.165, 1.54) is 19.3 Å². The molecule has 4 heteroatoms. The summed E-state index contributed by atoms with van der Waals surface area (Å²) < 4.78 is 0. The quantitative estimate of drug-likeness (QED) is 0.771. The van der Waals surface area contributed by atoms with Gasteiger partial charge in [0, 0.05) is 32.0 Å². The third kappa shape index (κ3) is 2.49. The highest BCUT2D eigenvalue weighted by Gasteiger charge is 2.30. The number of hydrogen-bond donors (Lipinski definition) is 0. The second-order valence-corrected chi connectivity index (χ2v) is 5.49. The summed E-state index contributed by atoms with van der Waals surface area (Å²) in [6.07, 6.45) is 11.5. The van der Waals surface area contributed by atoms with E-state index in [2.05, 4.69) is 21.9 Å². The number of aromatic nitrogens is 1. The largest absolute Gasteiger partial charge is 0.370 e. The number of piperidine rings is 1. The third-order valence-corrected chi connectivity index (χ3v) is 4.09. The average molecular weight is 269 g/mol. The van der Waals surface area contributed by atoms with Crippen molar-refractivity contribution < 1.29 is 4.79 Å². The maximum absolute atomic E-state index is 11.9. The van der Waals surface area contributed by atoms with Crippen LogP contribution in [0.1, 0.15) is 25.7 Å². The molecule has 20 heavy (non-hydrogen) atoms. The van der Waals surface area contributed by atoms with Crippen molar-refractivity contribution in [2.75, 3.05) is 29.4 Å². The van der Waals surface area contributed by atoms with Crippen molar-refractivity contribution in [2.24, 2.45) is 5.92 Å². The van der Waals surface area contributed by atoms with E-state index in [0.717, 1.165) is 18.8 Å². The molecule has 2 aliphatic rings. The van der Waals surface area contributed by atoms with Crippen molar-refractivity contribution >= 4 is 17.4 Å². The first-order chi connectivity index (χ1) is 9.78. The molecule has 104 valence electrons. The molecule has 0 spiro atoms. The Bertz CT molecular complexity index is 526. The summed E-state index contributed by atoms with van der Waals surface area (Å²) in [7, 11) is 0. The summed E-state index contributed by atoms with van der Waals surface area (Å²) in [4.78, 5) is 20.4. The van der Waals surface area contributed by atoms with E-state index in [1.54, 1.807) is 4.90 Å². The molecular weight excluding hydrogens is 250 g/mol. The van der Waals surface area contributed by atoms with Crippen molar-refractivity contribution in [3.05, 3.63) is 18.3 Å². The Kier molecular flexibility index (Phi) is 3.60. The molecule has 0 N–H and O–H groups in total. The molecule has 1 amide bonds. The first kappa shape index (κ1) is 13.0. The Balaban J connectivity index is 1.73. The highest BCUT2D eigenvalue weighted by Crippen LogP contribution is 2.25.